The summed E-state index contributed by atoms with van der Waals surface area (Å²) in [5, 5.41) is 12.7. The van der Waals surface area contributed by atoms with Crippen molar-refractivity contribution in [1.82, 2.24) is 25.3 Å². The Balaban J connectivity index is 1.55. The molecule has 10 heteroatoms. The number of hydrogen-bond acceptors (Lipinski definition) is 7. The van der Waals surface area contributed by atoms with Crippen molar-refractivity contribution in [2.24, 2.45) is 0 Å². The molecule has 2 aromatic heterocycles. The minimum absolute atomic E-state index is 0.221. The van der Waals surface area contributed by atoms with Crippen LogP contribution in [0.5, 0.6) is 11.5 Å². The Morgan fingerprint density at radius 1 is 1.15 bits per heavy atom. The van der Waals surface area contributed by atoms with E-state index in [1.807, 2.05) is 43.3 Å². The van der Waals surface area contributed by atoms with Crippen molar-refractivity contribution in [2.45, 2.75) is 20.4 Å². The summed E-state index contributed by atoms with van der Waals surface area (Å²) in [6.45, 7) is 4.00. The van der Waals surface area contributed by atoms with Crippen LogP contribution in [0.25, 0.3) is 16.4 Å². The van der Waals surface area contributed by atoms with Gasteiger partial charge in [-0.25, -0.2) is 9.67 Å². The summed E-state index contributed by atoms with van der Waals surface area (Å²) in [7, 11) is 3.18. The monoisotopic (exact) mass is 483 g/mol. The van der Waals surface area contributed by atoms with E-state index in [9.17, 15) is 4.79 Å². The molecule has 2 aromatic carbocycles. The van der Waals surface area contributed by atoms with Gasteiger partial charge in [0.05, 0.1) is 31.3 Å². The van der Waals surface area contributed by atoms with E-state index >= 15 is 0 Å². The predicted molar refractivity (Wildman–Crippen MR) is 128 cm³/mol. The van der Waals surface area contributed by atoms with Crippen LogP contribution in [0.1, 0.15) is 26.6 Å². The van der Waals surface area contributed by atoms with Crippen molar-refractivity contribution in [3.8, 4) is 27.9 Å². The molecule has 0 aliphatic rings. The molecule has 0 saturated carbocycles. The maximum atomic E-state index is 12.9. The summed E-state index contributed by atoms with van der Waals surface area (Å²) in [6.07, 6.45) is 0. The molecule has 2 heterocycles. The van der Waals surface area contributed by atoms with Crippen LogP contribution in [0.15, 0.2) is 42.5 Å². The van der Waals surface area contributed by atoms with E-state index in [1.165, 1.54) is 11.3 Å². The maximum absolute atomic E-state index is 12.9. The van der Waals surface area contributed by atoms with Crippen molar-refractivity contribution in [1.29, 1.82) is 0 Å². The third-order valence-corrected chi connectivity index (χ3v) is 6.48. The molecule has 0 atom stereocenters. The number of nitrogens with one attached hydrogen (secondary N) is 1. The highest BCUT2D eigenvalue weighted by Gasteiger charge is 2.21. The van der Waals surface area contributed by atoms with Crippen molar-refractivity contribution in [2.75, 3.05) is 14.2 Å². The van der Waals surface area contributed by atoms with Crippen molar-refractivity contribution in [3.63, 3.8) is 0 Å². The third-order valence-electron chi connectivity index (χ3n) is 5.08. The fourth-order valence-electron chi connectivity index (χ4n) is 3.36. The van der Waals surface area contributed by atoms with Crippen LogP contribution in [0.2, 0.25) is 5.02 Å². The average molecular weight is 484 g/mol. The molecule has 4 rings (SSSR count). The molecule has 0 radical (unpaired) electrons. The van der Waals surface area contributed by atoms with Gasteiger partial charge in [0.15, 0.2) is 0 Å². The molecule has 0 spiro atoms. The van der Waals surface area contributed by atoms with Gasteiger partial charge in [0, 0.05) is 17.1 Å². The van der Waals surface area contributed by atoms with Gasteiger partial charge in [0.1, 0.15) is 27.1 Å². The lowest BCUT2D eigenvalue weighted by Gasteiger charge is -2.11. The van der Waals surface area contributed by atoms with Gasteiger partial charge in [-0.2, -0.15) is 0 Å². The quantitative estimate of drug-likeness (QED) is 0.413. The third kappa shape index (κ3) is 4.69. The lowest BCUT2D eigenvalue weighted by molar-refractivity contribution is 0.0954. The molecule has 0 aliphatic heterocycles. The zero-order chi connectivity index (χ0) is 23.5. The van der Waals surface area contributed by atoms with Crippen LogP contribution >= 0.6 is 22.9 Å². The van der Waals surface area contributed by atoms with Crippen LogP contribution < -0.4 is 14.8 Å². The van der Waals surface area contributed by atoms with Gasteiger partial charge in [-0.3, -0.25) is 4.79 Å². The van der Waals surface area contributed by atoms with Crippen LogP contribution in [0, 0.1) is 13.8 Å². The average Bonchev–Trinajstić information content (AvgIpc) is 3.39. The van der Waals surface area contributed by atoms with Crippen molar-refractivity contribution in [3.05, 3.63) is 69.3 Å². The van der Waals surface area contributed by atoms with Gasteiger partial charge < -0.3 is 14.8 Å². The summed E-state index contributed by atoms with van der Waals surface area (Å²) in [5.41, 5.74) is 3.67. The second-order valence-electron chi connectivity index (χ2n) is 7.21. The van der Waals surface area contributed by atoms with E-state index in [2.05, 4.69) is 20.6 Å². The van der Waals surface area contributed by atoms with Gasteiger partial charge in [0.2, 0.25) is 0 Å². The van der Waals surface area contributed by atoms with E-state index in [1.54, 1.807) is 31.9 Å². The van der Waals surface area contributed by atoms with Gasteiger partial charge in [0.25, 0.3) is 5.91 Å². The molecule has 170 valence electrons. The normalized spacial score (nSPS) is 10.8. The predicted octanol–water partition coefficient (Wildman–Crippen LogP) is 4.61. The number of carbonyl (C=O) groups excluding carboxylic acids is 1. The van der Waals surface area contributed by atoms with E-state index in [0.29, 0.717) is 37.8 Å². The minimum Gasteiger partial charge on any atom is -0.497 e. The molecule has 8 nitrogen and oxygen atoms in total. The van der Waals surface area contributed by atoms with E-state index < -0.39 is 0 Å². The number of hydrogen-bond donors (Lipinski definition) is 1. The summed E-state index contributed by atoms with van der Waals surface area (Å²) < 4.78 is 12.4. The first kappa shape index (κ1) is 22.8. The Kier molecular flexibility index (Phi) is 6.62. The highest BCUT2D eigenvalue weighted by Crippen LogP contribution is 2.30. The number of rotatable bonds is 7. The summed E-state index contributed by atoms with van der Waals surface area (Å²) in [4.78, 5) is 18.0. The van der Waals surface area contributed by atoms with Crippen LogP contribution in [0.3, 0.4) is 0 Å². The first-order valence-corrected chi connectivity index (χ1v) is 11.3. The van der Waals surface area contributed by atoms with E-state index in [-0.39, 0.29) is 12.5 Å². The van der Waals surface area contributed by atoms with Gasteiger partial charge in [-0.15, -0.1) is 16.4 Å². The fourth-order valence-corrected chi connectivity index (χ4v) is 4.57. The van der Waals surface area contributed by atoms with E-state index in [4.69, 9.17) is 21.1 Å². The van der Waals surface area contributed by atoms with E-state index in [0.717, 1.165) is 16.9 Å². The minimum atomic E-state index is -0.221. The Morgan fingerprint density at radius 2 is 1.97 bits per heavy atom. The maximum Gasteiger partial charge on any atom is 0.263 e. The smallest absolute Gasteiger partial charge is 0.263 e. The zero-order valence-electron chi connectivity index (χ0n) is 18.5. The Morgan fingerprint density at radius 3 is 2.70 bits per heavy atom. The van der Waals surface area contributed by atoms with Gasteiger partial charge in [-0.1, -0.05) is 22.9 Å². The van der Waals surface area contributed by atoms with Gasteiger partial charge >= 0.3 is 0 Å². The number of carbonyl (C=O) groups is 1. The summed E-state index contributed by atoms with van der Waals surface area (Å²) >= 11 is 7.39. The number of benzene rings is 2. The molecular weight excluding hydrogens is 462 g/mol. The molecule has 0 saturated heterocycles. The zero-order valence-corrected chi connectivity index (χ0v) is 20.1. The second-order valence-corrected chi connectivity index (χ2v) is 8.64. The lowest BCUT2D eigenvalue weighted by Crippen LogP contribution is -2.22. The first-order chi connectivity index (χ1) is 15.9. The molecule has 33 heavy (non-hydrogen) atoms. The number of halogens is 1. The molecule has 0 unspecified atom stereocenters. The first-order valence-electron chi connectivity index (χ1n) is 10.1. The van der Waals surface area contributed by atoms with Gasteiger partial charge in [-0.05, 0) is 50.2 Å². The number of ether oxygens (including phenoxy) is 2. The van der Waals surface area contributed by atoms with Crippen LogP contribution in [-0.4, -0.2) is 40.1 Å². The molecule has 0 bridgehead atoms. The summed E-state index contributed by atoms with van der Waals surface area (Å²) in [5.74, 6) is 1.14. The Hall–Kier alpha value is -3.43. The molecule has 0 aliphatic carbocycles. The number of methoxy groups -OCH3 is 2. The van der Waals surface area contributed by atoms with Crippen LogP contribution in [-0.2, 0) is 6.54 Å². The molecule has 1 N–H and O–H groups in total. The van der Waals surface area contributed by atoms with Crippen molar-refractivity contribution < 1.29 is 14.3 Å². The lowest BCUT2D eigenvalue weighted by atomic mass is 10.2. The highest BCUT2D eigenvalue weighted by atomic mass is 35.5. The summed E-state index contributed by atoms with van der Waals surface area (Å²) in [6, 6.07) is 12.8. The number of amides is 1. The van der Waals surface area contributed by atoms with Crippen molar-refractivity contribution >= 4 is 28.8 Å². The number of aryl methyl sites for hydroxylation is 1. The Bertz CT molecular complexity index is 1320. The Labute approximate surface area is 200 Å². The van der Waals surface area contributed by atoms with Crippen LogP contribution in [0.4, 0.5) is 0 Å². The topological polar surface area (TPSA) is 91.2 Å². The number of thiazole rings is 1. The highest BCUT2D eigenvalue weighted by molar-refractivity contribution is 7.17. The second kappa shape index (κ2) is 9.60. The SMILES string of the molecule is COc1ccc(OC)c(CNC(=O)c2sc(-c3nnn(-c4cccc(Cl)c4)c3C)nc2C)c1. The molecule has 1 amide bonds. The molecule has 4 aromatic rings. The molecular formula is C23H22ClN5O3S. The fraction of sp³-hybridized carbons (Fsp3) is 0.217. The molecule has 0 fully saturated rings. The number of aromatic nitrogens is 4. The standard InChI is InChI=1S/C23H22ClN5O3S/c1-13-21(22(30)25-12-15-10-18(31-3)8-9-19(15)32-4)33-23(26-13)20-14(2)29(28-27-20)17-7-5-6-16(24)11-17/h5-11H,12H2,1-4H3,(H,25,30). The number of nitrogens with zero attached hydrogens (tertiary/aromatic N) is 4. The largest absolute Gasteiger partial charge is 0.497 e.